The van der Waals surface area contributed by atoms with E-state index in [1.165, 1.54) is 24.3 Å². The van der Waals surface area contributed by atoms with Gasteiger partial charge in [0.15, 0.2) is 0 Å². The van der Waals surface area contributed by atoms with Crippen LogP contribution in [0, 0.1) is 0 Å². The monoisotopic (exact) mass is 342 g/mol. The number of carbonyl (C=O) groups is 1. The Morgan fingerprint density at radius 1 is 1.17 bits per heavy atom. The van der Waals surface area contributed by atoms with E-state index >= 15 is 0 Å². The first-order chi connectivity index (χ1) is 10.8. The van der Waals surface area contributed by atoms with Crippen molar-refractivity contribution in [2.45, 2.75) is 6.36 Å². The highest BCUT2D eigenvalue weighted by atomic mass is 35.5. The minimum atomic E-state index is -4.79. The molecule has 0 aliphatic heterocycles. The second kappa shape index (κ2) is 6.75. The Labute approximate surface area is 134 Å². The van der Waals surface area contributed by atoms with Gasteiger partial charge in [-0.25, -0.2) is 4.79 Å². The maximum atomic E-state index is 12.3. The number of rotatable bonds is 4. The molecule has 0 unspecified atom stereocenters. The van der Waals surface area contributed by atoms with Crippen LogP contribution in [-0.4, -0.2) is 17.4 Å². The quantitative estimate of drug-likeness (QED) is 0.795. The summed E-state index contributed by atoms with van der Waals surface area (Å²) in [4.78, 5) is 10.7. The van der Waals surface area contributed by atoms with E-state index in [0.29, 0.717) is 16.7 Å². The summed E-state index contributed by atoms with van der Waals surface area (Å²) in [7, 11) is 0. The molecule has 0 saturated heterocycles. The van der Waals surface area contributed by atoms with Crippen LogP contribution in [0.25, 0.3) is 17.2 Å². The normalized spacial score (nSPS) is 11.7. The van der Waals surface area contributed by atoms with E-state index in [9.17, 15) is 18.0 Å². The van der Waals surface area contributed by atoms with Crippen molar-refractivity contribution < 1.29 is 27.8 Å². The number of carboxylic acid groups (broad SMARTS) is 1. The molecule has 0 aliphatic carbocycles. The van der Waals surface area contributed by atoms with Gasteiger partial charge in [-0.1, -0.05) is 35.9 Å². The molecule has 3 nitrogen and oxygen atoms in total. The second-order valence-electron chi connectivity index (χ2n) is 4.45. The molecule has 0 atom stereocenters. The van der Waals surface area contributed by atoms with Crippen molar-refractivity contribution in [3.05, 3.63) is 59.1 Å². The Morgan fingerprint density at radius 2 is 1.87 bits per heavy atom. The maximum Gasteiger partial charge on any atom is 0.573 e. The van der Waals surface area contributed by atoms with Gasteiger partial charge in [0.2, 0.25) is 0 Å². The molecular weight excluding hydrogens is 333 g/mol. The number of aliphatic carboxylic acids is 1. The van der Waals surface area contributed by atoms with Crippen LogP contribution in [0.3, 0.4) is 0 Å². The van der Waals surface area contributed by atoms with Crippen LogP contribution in [0.1, 0.15) is 5.56 Å². The van der Waals surface area contributed by atoms with E-state index in [1.54, 1.807) is 24.3 Å². The molecule has 0 aliphatic rings. The minimum Gasteiger partial charge on any atom is -0.478 e. The van der Waals surface area contributed by atoms with E-state index in [1.807, 2.05) is 0 Å². The van der Waals surface area contributed by atoms with Gasteiger partial charge in [-0.3, -0.25) is 0 Å². The molecule has 0 spiro atoms. The molecule has 23 heavy (non-hydrogen) atoms. The third-order valence-electron chi connectivity index (χ3n) is 2.82. The lowest BCUT2D eigenvalue weighted by atomic mass is 9.99. The van der Waals surface area contributed by atoms with Gasteiger partial charge in [0.25, 0.3) is 0 Å². The number of alkyl halides is 3. The summed E-state index contributed by atoms with van der Waals surface area (Å²) in [6, 6.07) is 10.2. The third-order valence-corrected chi connectivity index (χ3v) is 3.15. The molecule has 0 saturated carbocycles. The maximum absolute atomic E-state index is 12.3. The standard InChI is InChI=1S/C16H10ClF3O3/c17-14-6-2-5-12(13(14)7-8-15(21)22)10-3-1-4-11(9-10)23-16(18,19)20/h1-9H,(H,21,22)/b8-7+. The van der Waals surface area contributed by atoms with Crippen LogP contribution in [0.4, 0.5) is 13.2 Å². The Kier molecular flexibility index (Phi) is 4.95. The van der Waals surface area contributed by atoms with Gasteiger partial charge in [0.1, 0.15) is 5.75 Å². The highest BCUT2D eigenvalue weighted by Gasteiger charge is 2.31. The Hall–Kier alpha value is -2.47. The zero-order valence-corrected chi connectivity index (χ0v) is 12.2. The Morgan fingerprint density at radius 3 is 2.52 bits per heavy atom. The molecule has 120 valence electrons. The van der Waals surface area contributed by atoms with Crippen LogP contribution >= 0.6 is 11.6 Å². The van der Waals surface area contributed by atoms with Gasteiger partial charge >= 0.3 is 12.3 Å². The molecule has 0 bridgehead atoms. The summed E-state index contributed by atoms with van der Waals surface area (Å²) in [6.07, 6.45) is -2.60. The summed E-state index contributed by atoms with van der Waals surface area (Å²) in [5, 5.41) is 9.00. The van der Waals surface area contributed by atoms with Crippen LogP contribution in [0.5, 0.6) is 5.75 Å². The minimum absolute atomic E-state index is 0.280. The lowest BCUT2D eigenvalue weighted by Gasteiger charge is -2.12. The Bertz CT molecular complexity index is 754. The fourth-order valence-corrected chi connectivity index (χ4v) is 2.21. The van der Waals surface area contributed by atoms with E-state index in [4.69, 9.17) is 16.7 Å². The average molecular weight is 343 g/mol. The zero-order chi connectivity index (χ0) is 17.0. The molecule has 2 aromatic carbocycles. The van der Waals surface area contributed by atoms with Crippen LogP contribution < -0.4 is 4.74 Å². The van der Waals surface area contributed by atoms with Crippen molar-refractivity contribution in [1.82, 2.24) is 0 Å². The fourth-order valence-electron chi connectivity index (χ4n) is 1.97. The van der Waals surface area contributed by atoms with E-state index in [2.05, 4.69) is 4.74 Å². The first-order valence-electron chi connectivity index (χ1n) is 6.32. The van der Waals surface area contributed by atoms with Crippen molar-refractivity contribution in [2.75, 3.05) is 0 Å². The van der Waals surface area contributed by atoms with Crippen molar-refractivity contribution in [1.29, 1.82) is 0 Å². The third kappa shape index (κ3) is 4.75. The zero-order valence-electron chi connectivity index (χ0n) is 11.5. The molecule has 1 N–H and O–H groups in total. The molecule has 2 rings (SSSR count). The van der Waals surface area contributed by atoms with Crippen molar-refractivity contribution in [2.24, 2.45) is 0 Å². The number of hydrogen-bond acceptors (Lipinski definition) is 2. The topological polar surface area (TPSA) is 46.5 Å². The SMILES string of the molecule is O=C(O)/C=C/c1c(Cl)cccc1-c1cccc(OC(F)(F)F)c1. The number of hydrogen-bond donors (Lipinski definition) is 1. The van der Waals surface area contributed by atoms with Gasteiger partial charge in [-0.2, -0.15) is 0 Å². The van der Waals surface area contributed by atoms with Crippen LogP contribution in [-0.2, 0) is 4.79 Å². The van der Waals surface area contributed by atoms with Crippen LogP contribution in [0.2, 0.25) is 5.02 Å². The van der Waals surface area contributed by atoms with E-state index in [0.717, 1.165) is 6.08 Å². The molecule has 0 radical (unpaired) electrons. The van der Waals surface area contributed by atoms with E-state index < -0.39 is 12.3 Å². The molecule has 2 aromatic rings. The summed E-state index contributed by atoms with van der Waals surface area (Å²) >= 11 is 6.05. The molecule has 0 heterocycles. The average Bonchev–Trinajstić information content (AvgIpc) is 2.44. The van der Waals surface area contributed by atoms with Crippen molar-refractivity contribution in [3.63, 3.8) is 0 Å². The number of benzene rings is 2. The lowest BCUT2D eigenvalue weighted by Crippen LogP contribution is -2.17. The highest BCUT2D eigenvalue weighted by Crippen LogP contribution is 2.33. The van der Waals surface area contributed by atoms with Gasteiger partial charge in [0.05, 0.1) is 0 Å². The highest BCUT2D eigenvalue weighted by molar-refractivity contribution is 6.32. The first kappa shape index (κ1) is 16.9. The molecule has 0 amide bonds. The summed E-state index contributed by atoms with van der Waals surface area (Å²) in [5.41, 5.74) is 1.29. The second-order valence-corrected chi connectivity index (χ2v) is 4.86. The Balaban J connectivity index is 2.48. The molecular formula is C16H10ClF3O3. The predicted octanol–water partition coefficient (Wildman–Crippen LogP) is 5.00. The fraction of sp³-hybridized carbons (Fsp3) is 0.0625. The summed E-state index contributed by atoms with van der Waals surface area (Å²) < 4.78 is 40.8. The van der Waals surface area contributed by atoms with Crippen LogP contribution in [0.15, 0.2) is 48.5 Å². The van der Waals surface area contributed by atoms with Crippen molar-refractivity contribution >= 4 is 23.6 Å². The van der Waals surface area contributed by atoms with Gasteiger partial charge in [-0.15, -0.1) is 13.2 Å². The van der Waals surface area contributed by atoms with Gasteiger partial charge in [-0.05, 0) is 35.4 Å². The van der Waals surface area contributed by atoms with E-state index in [-0.39, 0.29) is 10.8 Å². The number of carboxylic acids is 1. The predicted molar refractivity (Wildman–Crippen MR) is 80.2 cm³/mol. The van der Waals surface area contributed by atoms with Crippen molar-refractivity contribution in [3.8, 4) is 16.9 Å². The molecule has 0 aromatic heterocycles. The largest absolute Gasteiger partial charge is 0.573 e. The smallest absolute Gasteiger partial charge is 0.478 e. The first-order valence-corrected chi connectivity index (χ1v) is 6.70. The molecule has 7 heteroatoms. The summed E-state index contributed by atoms with van der Waals surface area (Å²) in [5.74, 6) is -1.53. The molecule has 0 fully saturated rings. The lowest BCUT2D eigenvalue weighted by molar-refractivity contribution is -0.274. The number of ether oxygens (including phenoxy) is 1. The summed E-state index contributed by atoms with van der Waals surface area (Å²) in [6.45, 7) is 0. The van der Waals surface area contributed by atoms with Gasteiger partial charge < -0.3 is 9.84 Å². The van der Waals surface area contributed by atoms with Gasteiger partial charge in [0, 0.05) is 16.7 Å². The number of halogens is 4.